The third-order valence-electron chi connectivity index (χ3n) is 2.18. The van der Waals surface area contributed by atoms with Gasteiger partial charge < -0.3 is 10.1 Å². The number of rotatable bonds is 6. The Bertz CT molecular complexity index is 335. The van der Waals surface area contributed by atoms with Crippen molar-refractivity contribution >= 4 is 15.8 Å². The second-order valence-electron chi connectivity index (χ2n) is 4.75. The van der Waals surface area contributed by atoms with E-state index in [1.165, 1.54) is 13.4 Å². The van der Waals surface area contributed by atoms with E-state index in [1.807, 2.05) is 0 Å². The van der Waals surface area contributed by atoms with Crippen molar-refractivity contribution in [2.45, 2.75) is 26.8 Å². The highest BCUT2D eigenvalue weighted by Gasteiger charge is 2.29. The maximum absolute atomic E-state index is 11.4. The van der Waals surface area contributed by atoms with Gasteiger partial charge in [0, 0.05) is 18.8 Å². The van der Waals surface area contributed by atoms with Gasteiger partial charge in [0.2, 0.25) is 0 Å². The molecule has 0 aromatic rings. The average molecular weight is 251 g/mol. The first-order valence-corrected chi connectivity index (χ1v) is 7.14. The van der Waals surface area contributed by atoms with Gasteiger partial charge >= 0.3 is 5.97 Å². The van der Waals surface area contributed by atoms with Crippen LogP contribution in [0.5, 0.6) is 0 Å². The molecule has 0 bridgehead atoms. The Labute approximate surface area is 97.5 Å². The third kappa shape index (κ3) is 6.07. The molecule has 1 N–H and O–H groups in total. The van der Waals surface area contributed by atoms with Gasteiger partial charge in [0.25, 0.3) is 0 Å². The molecular weight excluding hydrogens is 230 g/mol. The van der Waals surface area contributed by atoms with Crippen molar-refractivity contribution in [2.24, 2.45) is 5.41 Å². The van der Waals surface area contributed by atoms with Crippen LogP contribution in [0, 0.1) is 5.41 Å². The molecule has 6 heteroatoms. The van der Waals surface area contributed by atoms with E-state index in [0.29, 0.717) is 6.54 Å². The summed E-state index contributed by atoms with van der Waals surface area (Å²) in [5, 5.41) is 3.01. The maximum atomic E-state index is 11.4. The fraction of sp³-hybridized carbons (Fsp3) is 0.900. The minimum Gasteiger partial charge on any atom is -0.469 e. The summed E-state index contributed by atoms with van der Waals surface area (Å²) in [5.41, 5.74) is -0.652. The van der Waals surface area contributed by atoms with Crippen LogP contribution in [-0.2, 0) is 19.4 Å². The summed E-state index contributed by atoms with van der Waals surface area (Å²) in [7, 11) is -1.66. The van der Waals surface area contributed by atoms with E-state index in [2.05, 4.69) is 10.1 Å². The number of hydrogen-bond acceptors (Lipinski definition) is 5. The summed E-state index contributed by atoms with van der Waals surface area (Å²) in [4.78, 5) is 11.4. The molecule has 0 radical (unpaired) electrons. The molecule has 0 rings (SSSR count). The Morgan fingerprint density at radius 3 is 2.31 bits per heavy atom. The second-order valence-corrected chi connectivity index (χ2v) is 6.93. The van der Waals surface area contributed by atoms with Crippen molar-refractivity contribution in [3.05, 3.63) is 0 Å². The van der Waals surface area contributed by atoms with Crippen molar-refractivity contribution in [1.82, 2.24) is 5.32 Å². The number of sulfone groups is 1. The van der Waals surface area contributed by atoms with Crippen molar-refractivity contribution in [3.8, 4) is 0 Å². The molecule has 16 heavy (non-hydrogen) atoms. The first-order valence-electron chi connectivity index (χ1n) is 5.08. The van der Waals surface area contributed by atoms with Crippen LogP contribution in [0.2, 0.25) is 0 Å². The molecule has 0 fully saturated rings. The average Bonchev–Trinajstić information content (AvgIpc) is 2.11. The van der Waals surface area contributed by atoms with Gasteiger partial charge in [-0.2, -0.15) is 0 Å². The zero-order valence-electron chi connectivity index (χ0n) is 10.5. The van der Waals surface area contributed by atoms with Crippen molar-refractivity contribution < 1.29 is 17.9 Å². The number of hydrogen-bond donors (Lipinski definition) is 1. The van der Waals surface area contributed by atoms with Crippen LogP contribution < -0.4 is 5.32 Å². The van der Waals surface area contributed by atoms with E-state index in [1.54, 1.807) is 20.8 Å². The predicted octanol–water partition coefficient (Wildman–Crippen LogP) is 0.208. The molecule has 0 amide bonds. The molecule has 0 aliphatic carbocycles. The van der Waals surface area contributed by atoms with Gasteiger partial charge in [-0.25, -0.2) is 8.42 Å². The number of ether oxygens (including phenoxy) is 1. The number of carbonyl (C=O) groups is 1. The van der Waals surface area contributed by atoms with Gasteiger partial charge in [-0.1, -0.05) is 0 Å². The van der Waals surface area contributed by atoms with Gasteiger partial charge in [0.15, 0.2) is 0 Å². The summed E-state index contributed by atoms with van der Waals surface area (Å²) in [6.45, 7) is 5.66. The monoisotopic (exact) mass is 251 g/mol. The molecule has 5 nitrogen and oxygen atoms in total. The highest BCUT2D eigenvalue weighted by Crippen LogP contribution is 2.15. The topological polar surface area (TPSA) is 72.5 Å². The van der Waals surface area contributed by atoms with Crippen molar-refractivity contribution in [2.75, 3.05) is 25.7 Å². The number of carbonyl (C=O) groups excluding carboxylic acids is 1. The first kappa shape index (κ1) is 15.4. The number of esters is 1. The Balaban J connectivity index is 4.20. The molecule has 0 aromatic carbocycles. The first-order chi connectivity index (χ1) is 7.08. The van der Waals surface area contributed by atoms with E-state index in [-0.39, 0.29) is 17.8 Å². The van der Waals surface area contributed by atoms with E-state index in [4.69, 9.17) is 0 Å². The normalized spacial score (nSPS) is 14.6. The molecule has 0 aromatic heterocycles. The largest absolute Gasteiger partial charge is 0.469 e. The van der Waals surface area contributed by atoms with E-state index >= 15 is 0 Å². The van der Waals surface area contributed by atoms with Crippen LogP contribution in [0.4, 0.5) is 0 Å². The summed E-state index contributed by atoms with van der Waals surface area (Å²) < 4.78 is 26.7. The van der Waals surface area contributed by atoms with Gasteiger partial charge in [0.1, 0.15) is 9.84 Å². The number of methoxy groups -OCH3 is 1. The van der Waals surface area contributed by atoms with Gasteiger partial charge in [-0.3, -0.25) is 4.79 Å². The predicted molar refractivity (Wildman–Crippen MR) is 63.0 cm³/mol. The van der Waals surface area contributed by atoms with Crippen LogP contribution in [0.1, 0.15) is 20.8 Å². The Kier molecular flexibility index (Phi) is 5.41. The summed E-state index contributed by atoms with van der Waals surface area (Å²) in [5.74, 6) is -0.254. The zero-order chi connectivity index (χ0) is 13.0. The van der Waals surface area contributed by atoms with Crippen LogP contribution >= 0.6 is 0 Å². The van der Waals surface area contributed by atoms with Crippen molar-refractivity contribution in [3.63, 3.8) is 0 Å². The molecule has 96 valence electrons. The summed E-state index contributed by atoms with van der Waals surface area (Å²) in [6.07, 6.45) is 1.19. The molecule has 0 saturated carbocycles. The third-order valence-corrected chi connectivity index (χ3v) is 3.29. The lowest BCUT2D eigenvalue weighted by Crippen LogP contribution is -2.42. The Morgan fingerprint density at radius 2 is 1.94 bits per heavy atom. The lowest BCUT2D eigenvalue weighted by atomic mass is 9.93. The minimum absolute atomic E-state index is 0.0598. The molecule has 0 heterocycles. The standard InChI is InChI=1S/C10H21NO4S/c1-8(6-16(5,13)14)11-7-10(2,3)9(12)15-4/h8,11H,6-7H2,1-5H3. The van der Waals surface area contributed by atoms with E-state index in [9.17, 15) is 13.2 Å². The smallest absolute Gasteiger partial charge is 0.312 e. The van der Waals surface area contributed by atoms with Gasteiger partial charge in [-0.05, 0) is 20.8 Å². The SMILES string of the molecule is COC(=O)C(C)(C)CNC(C)CS(C)(=O)=O. The highest BCUT2D eigenvalue weighted by atomic mass is 32.2. The molecule has 0 spiro atoms. The Hall–Kier alpha value is -0.620. The van der Waals surface area contributed by atoms with E-state index in [0.717, 1.165) is 0 Å². The fourth-order valence-electron chi connectivity index (χ4n) is 1.29. The van der Waals surface area contributed by atoms with Gasteiger partial charge in [0.05, 0.1) is 18.3 Å². The fourth-order valence-corrected chi connectivity index (χ4v) is 2.32. The van der Waals surface area contributed by atoms with Crippen LogP contribution in [0.25, 0.3) is 0 Å². The molecule has 1 atom stereocenters. The molecular formula is C10H21NO4S. The highest BCUT2D eigenvalue weighted by molar-refractivity contribution is 7.90. The lowest BCUT2D eigenvalue weighted by Gasteiger charge is -2.24. The molecule has 0 saturated heterocycles. The van der Waals surface area contributed by atoms with E-state index < -0.39 is 15.3 Å². The van der Waals surface area contributed by atoms with Crippen LogP contribution in [0.3, 0.4) is 0 Å². The summed E-state index contributed by atoms with van der Waals surface area (Å²) >= 11 is 0. The minimum atomic E-state index is -3.00. The Morgan fingerprint density at radius 1 is 1.44 bits per heavy atom. The molecule has 0 aliphatic heterocycles. The number of nitrogens with one attached hydrogen (secondary N) is 1. The zero-order valence-corrected chi connectivity index (χ0v) is 11.3. The summed E-state index contributed by atoms with van der Waals surface area (Å²) in [6, 6.07) is -0.182. The molecule has 1 unspecified atom stereocenters. The van der Waals surface area contributed by atoms with Gasteiger partial charge in [-0.15, -0.1) is 0 Å². The van der Waals surface area contributed by atoms with Crippen LogP contribution in [-0.4, -0.2) is 46.1 Å². The lowest BCUT2D eigenvalue weighted by molar-refractivity contribution is -0.150. The van der Waals surface area contributed by atoms with Crippen molar-refractivity contribution in [1.29, 1.82) is 0 Å². The quantitative estimate of drug-likeness (QED) is 0.683. The maximum Gasteiger partial charge on any atom is 0.312 e. The van der Waals surface area contributed by atoms with Crippen LogP contribution in [0.15, 0.2) is 0 Å². The second kappa shape index (κ2) is 5.63. The molecule has 0 aliphatic rings.